The molecule has 2 rings (SSSR count). The summed E-state index contributed by atoms with van der Waals surface area (Å²) in [7, 11) is 1.41. The molecule has 1 aromatic rings. The van der Waals surface area contributed by atoms with E-state index in [2.05, 4.69) is 5.32 Å². The van der Waals surface area contributed by atoms with E-state index in [0.717, 1.165) is 25.7 Å². The van der Waals surface area contributed by atoms with Crippen LogP contribution in [0.3, 0.4) is 0 Å². The largest absolute Gasteiger partial charge is 0.497 e. The number of hydrogen-bond acceptors (Lipinski definition) is 2. The lowest BCUT2D eigenvalue weighted by atomic mass is 9.90. The zero-order valence-electron chi connectivity index (χ0n) is 11.5. The van der Waals surface area contributed by atoms with Crippen LogP contribution < -0.4 is 10.1 Å². The lowest BCUT2D eigenvalue weighted by Crippen LogP contribution is -2.28. The number of benzene rings is 1. The number of ether oxygens (including phenoxy) is 1. The van der Waals surface area contributed by atoms with Crippen LogP contribution in [0.1, 0.15) is 44.2 Å². The third-order valence-corrected chi connectivity index (χ3v) is 3.89. The van der Waals surface area contributed by atoms with E-state index < -0.39 is 11.6 Å². The Hall–Kier alpha value is -1.16. The van der Waals surface area contributed by atoms with Gasteiger partial charge in [-0.25, -0.2) is 8.78 Å². The number of hydrogen-bond donors (Lipinski definition) is 1. The second-order valence-electron chi connectivity index (χ2n) is 5.08. The van der Waals surface area contributed by atoms with Gasteiger partial charge in [-0.3, -0.25) is 0 Å². The molecule has 0 saturated heterocycles. The average molecular weight is 269 g/mol. The minimum Gasteiger partial charge on any atom is -0.497 e. The molecule has 1 aliphatic carbocycles. The molecule has 0 bridgehead atoms. The fourth-order valence-electron chi connectivity index (χ4n) is 2.99. The van der Waals surface area contributed by atoms with E-state index in [0.29, 0.717) is 12.5 Å². The minimum atomic E-state index is -0.519. The van der Waals surface area contributed by atoms with E-state index in [9.17, 15) is 8.78 Å². The molecule has 0 radical (unpaired) electrons. The van der Waals surface area contributed by atoms with Crippen molar-refractivity contribution >= 4 is 0 Å². The van der Waals surface area contributed by atoms with Crippen LogP contribution in [0.2, 0.25) is 0 Å². The number of nitrogens with one attached hydrogen (secondary N) is 1. The predicted molar refractivity (Wildman–Crippen MR) is 71.3 cm³/mol. The van der Waals surface area contributed by atoms with E-state index >= 15 is 0 Å². The summed E-state index contributed by atoms with van der Waals surface area (Å²) in [6.45, 7) is 2.66. The molecule has 1 fully saturated rings. The van der Waals surface area contributed by atoms with Crippen LogP contribution in [-0.2, 0) is 0 Å². The molecule has 1 atom stereocenters. The van der Waals surface area contributed by atoms with Crippen LogP contribution in [0.5, 0.6) is 5.75 Å². The number of methoxy groups -OCH3 is 1. The fourth-order valence-corrected chi connectivity index (χ4v) is 2.99. The summed E-state index contributed by atoms with van der Waals surface area (Å²) in [4.78, 5) is 0. The van der Waals surface area contributed by atoms with Gasteiger partial charge in [0.25, 0.3) is 0 Å². The van der Waals surface area contributed by atoms with Crippen molar-refractivity contribution in [1.82, 2.24) is 5.32 Å². The van der Waals surface area contributed by atoms with Crippen molar-refractivity contribution in [2.75, 3.05) is 13.7 Å². The van der Waals surface area contributed by atoms with Gasteiger partial charge in [-0.2, -0.15) is 0 Å². The number of halogens is 2. The smallest absolute Gasteiger partial charge is 0.134 e. The summed E-state index contributed by atoms with van der Waals surface area (Å²) < 4.78 is 33.2. The first-order valence-corrected chi connectivity index (χ1v) is 6.93. The van der Waals surface area contributed by atoms with Gasteiger partial charge in [0, 0.05) is 23.7 Å². The molecule has 1 aliphatic rings. The van der Waals surface area contributed by atoms with Gasteiger partial charge in [0.1, 0.15) is 17.4 Å². The van der Waals surface area contributed by atoms with Crippen LogP contribution in [0, 0.1) is 17.6 Å². The minimum absolute atomic E-state index is 0.162. The van der Waals surface area contributed by atoms with E-state index in [-0.39, 0.29) is 17.4 Å². The normalized spacial score (nSPS) is 17.7. The maximum Gasteiger partial charge on any atom is 0.134 e. The van der Waals surface area contributed by atoms with Gasteiger partial charge in [0.05, 0.1) is 7.11 Å². The molecule has 106 valence electrons. The first kappa shape index (κ1) is 14.3. The van der Waals surface area contributed by atoms with Crippen molar-refractivity contribution in [2.45, 2.75) is 38.6 Å². The molecule has 0 amide bonds. The summed E-state index contributed by atoms with van der Waals surface area (Å²) in [5, 5.41) is 3.24. The molecule has 1 N–H and O–H groups in total. The first-order chi connectivity index (χ1) is 9.17. The molecule has 0 aliphatic heterocycles. The van der Waals surface area contributed by atoms with Crippen LogP contribution in [-0.4, -0.2) is 13.7 Å². The van der Waals surface area contributed by atoms with Crippen molar-refractivity contribution in [3.8, 4) is 5.75 Å². The molecule has 2 nitrogen and oxygen atoms in total. The van der Waals surface area contributed by atoms with E-state index in [1.54, 1.807) is 0 Å². The molecular formula is C15H21F2NO. The summed E-state index contributed by atoms with van der Waals surface area (Å²) in [5.41, 5.74) is 0.162. The summed E-state index contributed by atoms with van der Waals surface area (Å²) in [6, 6.07) is 2.29. The monoisotopic (exact) mass is 269 g/mol. The molecule has 0 heterocycles. The Kier molecular flexibility index (Phi) is 4.75. The summed E-state index contributed by atoms with van der Waals surface area (Å²) in [6.07, 6.45) is 4.35. The first-order valence-electron chi connectivity index (χ1n) is 6.93. The van der Waals surface area contributed by atoms with Crippen molar-refractivity contribution in [2.24, 2.45) is 5.92 Å². The van der Waals surface area contributed by atoms with Gasteiger partial charge < -0.3 is 10.1 Å². The maximum absolute atomic E-state index is 14.2. The Morgan fingerprint density at radius 2 is 1.84 bits per heavy atom. The molecule has 4 heteroatoms. The topological polar surface area (TPSA) is 21.3 Å². The third kappa shape index (κ3) is 3.06. The van der Waals surface area contributed by atoms with Crippen LogP contribution in [0.25, 0.3) is 0 Å². The molecule has 0 spiro atoms. The standard InChI is InChI=1S/C15H21F2NO/c1-3-18-15(10-6-4-5-7-10)14-12(16)8-11(19-2)9-13(14)17/h8-10,15,18H,3-7H2,1-2H3. The Labute approximate surface area is 113 Å². The second kappa shape index (κ2) is 6.33. The zero-order chi connectivity index (χ0) is 13.8. The SMILES string of the molecule is CCNC(c1c(F)cc(OC)cc1F)C1CCCC1. The Morgan fingerprint density at radius 3 is 2.32 bits per heavy atom. The summed E-state index contributed by atoms with van der Waals surface area (Å²) >= 11 is 0. The molecule has 19 heavy (non-hydrogen) atoms. The lowest BCUT2D eigenvalue weighted by Gasteiger charge is -2.25. The van der Waals surface area contributed by atoms with Crippen LogP contribution >= 0.6 is 0 Å². The van der Waals surface area contributed by atoms with Crippen LogP contribution in [0.15, 0.2) is 12.1 Å². The number of rotatable bonds is 5. The van der Waals surface area contributed by atoms with E-state index in [4.69, 9.17) is 4.74 Å². The van der Waals surface area contributed by atoms with E-state index in [1.165, 1.54) is 19.2 Å². The molecule has 1 unspecified atom stereocenters. The quantitative estimate of drug-likeness (QED) is 0.877. The highest BCUT2D eigenvalue weighted by molar-refractivity contribution is 5.33. The van der Waals surface area contributed by atoms with Crippen molar-refractivity contribution in [3.05, 3.63) is 29.3 Å². The molecular weight excluding hydrogens is 248 g/mol. The van der Waals surface area contributed by atoms with Crippen LogP contribution in [0.4, 0.5) is 8.78 Å². The highest BCUT2D eigenvalue weighted by atomic mass is 19.1. The Morgan fingerprint density at radius 1 is 1.26 bits per heavy atom. The van der Waals surface area contributed by atoms with Gasteiger partial charge >= 0.3 is 0 Å². The third-order valence-electron chi connectivity index (χ3n) is 3.89. The molecule has 1 saturated carbocycles. The average Bonchev–Trinajstić information content (AvgIpc) is 2.90. The van der Waals surface area contributed by atoms with Crippen molar-refractivity contribution in [3.63, 3.8) is 0 Å². The van der Waals surface area contributed by atoms with Gasteiger partial charge in [0.15, 0.2) is 0 Å². The highest BCUT2D eigenvalue weighted by Crippen LogP contribution is 2.38. The van der Waals surface area contributed by atoms with Gasteiger partial charge in [-0.1, -0.05) is 19.8 Å². The summed E-state index contributed by atoms with van der Waals surface area (Å²) in [5.74, 6) is -0.498. The lowest BCUT2D eigenvalue weighted by molar-refractivity contribution is 0.346. The fraction of sp³-hybridized carbons (Fsp3) is 0.600. The highest BCUT2D eigenvalue weighted by Gasteiger charge is 2.30. The van der Waals surface area contributed by atoms with Gasteiger partial charge in [-0.15, -0.1) is 0 Å². The maximum atomic E-state index is 14.2. The molecule has 0 aromatic heterocycles. The Balaban J connectivity index is 2.35. The van der Waals surface area contributed by atoms with Crippen molar-refractivity contribution in [1.29, 1.82) is 0 Å². The van der Waals surface area contributed by atoms with Crippen molar-refractivity contribution < 1.29 is 13.5 Å². The predicted octanol–water partition coefficient (Wildman–Crippen LogP) is 3.81. The second-order valence-corrected chi connectivity index (χ2v) is 5.08. The molecule has 1 aromatic carbocycles. The van der Waals surface area contributed by atoms with E-state index in [1.807, 2.05) is 6.92 Å². The van der Waals surface area contributed by atoms with Gasteiger partial charge in [-0.05, 0) is 25.3 Å². The zero-order valence-corrected chi connectivity index (χ0v) is 11.5. The Bertz CT molecular complexity index is 407. The van der Waals surface area contributed by atoms with Gasteiger partial charge in [0.2, 0.25) is 0 Å².